The van der Waals surface area contributed by atoms with Crippen molar-refractivity contribution in [2.45, 2.75) is 15.2 Å². The Balaban J connectivity index is 1.17. The molecular weight excluding hydrogens is 683 g/mol. The molecule has 1 aliphatic carbocycles. The predicted molar refractivity (Wildman–Crippen MR) is 231 cm³/mol. The van der Waals surface area contributed by atoms with Gasteiger partial charge in [0.15, 0.2) is 0 Å². The van der Waals surface area contributed by atoms with Gasteiger partial charge in [-0.1, -0.05) is 182 Å². The van der Waals surface area contributed by atoms with Crippen LogP contribution in [0.2, 0.25) is 0 Å². The summed E-state index contributed by atoms with van der Waals surface area (Å²) in [6, 6.07) is 78.2. The largest absolute Gasteiger partial charge is 0.309 e. The predicted octanol–water partition coefficient (Wildman–Crippen LogP) is 14.5. The van der Waals surface area contributed by atoms with Gasteiger partial charge in [0.2, 0.25) is 0 Å². The van der Waals surface area contributed by atoms with Gasteiger partial charge in [0.25, 0.3) is 0 Å². The molecule has 1 spiro atoms. The highest BCUT2D eigenvalue weighted by molar-refractivity contribution is 7.99. The first-order chi connectivity index (χ1) is 27.3. The van der Waals surface area contributed by atoms with Crippen molar-refractivity contribution < 1.29 is 0 Å². The first-order valence-electron chi connectivity index (χ1n) is 18.9. The molecule has 2 aliphatic rings. The summed E-state index contributed by atoms with van der Waals surface area (Å²) in [5.41, 5.74) is 15.7. The van der Waals surface area contributed by atoms with Crippen LogP contribution in [-0.4, -0.2) is 0 Å². The van der Waals surface area contributed by atoms with E-state index in [-0.39, 0.29) is 0 Å². The number of nitrogens with zero attached hydrogens (tertiary/aromatic N) is 1. The fourth-order valence-electron chi connectivity index (χ4n) is 9.07. The van der Waals surface area contributed by atoms with Crippen LogP contribution >= 0.6 is 11.8 Å². The van der Waals surface area contributed by atoms with Gasteiger partial charge < -0.3 is 4.90 Å². The summed E-state index contributed by atoms with van der Waals surface area (Å²) in [5, 5.41) is 2.52. The Morgan fingerprint density at radius 1 is 0.345 bits per heavy atom. The van der Waals surface area contributed by atoms with Crippen molar-refractivity contribution in [2.75, 3.05) is 4.90 Å². The van der Waals surface area contributed by atoms with E-state index < -0.39 is 5.41 Å². The van der Waals surface area contributed by atoms with Crippen molar-refractivity contribution in [1.82, 2.24) is 0 Å². The third-order valence-electron chi connectivity index (χ3n) is 11.5. The molecule has 55 heavy (non-hydrogen) atoms. The maximum Gasteiger partial charge on any atom is 0.0736 e. The van der Waals surface area contributed by atoms with Crippen LogP contribution in [0.25, 0.3) is 44.2 Å². The highest BCUT2D eigenvalue weighted by atomic mass is 32.2. The summed E-state index contributed by atoms with van der Waals surface area (Å²) in [6.45, 7) is 0. The molecule has 2 heteroatoms. The third kappa shape index (κ3) is 4.95. The molecule has 1 aliphatic heterocycles. The number of anilines is 3. The molecule has 1 nitrogen and oxygen atoms in total. The van der Waals surface area contributed by atoms with E-state index in [1.165, 1.54) is 81.9 Å². The quantitative estimate of drug-likeness (QED) is 0.174. The molecule has 0 radical (unpaired) electrons. The molecule has 9 aromatic rings. The summed E-state index contributed by atoms with van der Waals surface area (Å²) in [5.74, 6) is 0. The highest BCUT2D eigenvalue weighted by Crippen LogP contribution is 2.64. The fraction of sp³-hybridized carbons (Fsp3) is 0.0189. The summed E-state index contributed by atoms with van der Waals surface area (Å²) in [7, 11) is 0. The Morgan fingerprint density at radius 3 is 1.36 bits per heavy atom. The minimum Gasteiger partial charge on any atom is -0.309 e. The maximum absolute atomic E-state index is 2.47. The molecule has 0 N–H and O–H groups in total. The Labute approximate surface area is 326 Å². The van der Waals surface area contributed by atoms with Crippen molar-refractivity contribution in [2.24, 2.45) is 0 Å². The first kappa shape index (κ1) is 31.9. The normalized spacial score (nSPS) is 13.2. The van der Waals surface area contributed by atoms with Crippen molar-refractivity contribution >= 4 is 39.6 Å². The van der Waals surface area contributed by atoms with E-state index in [1.807, 2.05) is 11.8 Å². The van der Waals surface area contributed by atoms with Crippen molar-refractivity contribution in [3.05, 3.63) is 235 Å². The Hall–Kier alpha value is -6.61. The molecule has 0 aromatic heterocycles. The van der Waals surface area contributed by atoms with Gasteiger partial charge in [0.05, 0.1) is 11.1 Å². The van der Waals surface area contributed by atoms with Crippen LogP contribution in [0.1, 0.15) is 22.3 Å². The molecule has 0 atom stereocenters. The summed E-state index contributed by atoms with van der Waals surface area (Å²) >= 11 is 1.91. The first-order valence-corrected chi connectivity index (χ1v) is 19.7. The van der Waals surface area contributed by atoms with Crippen LogP contribution in [0, 0.1) is 0 Å². The van der Waals surface area contributed by atoms with Crippen LogP contribution < -0.4 is 4.90 Å². The molecule has 0 amide bonds. The average Bonchev–Trinajstić information content (AvgIpc) is 3.55. The van der Waals surface area contributed by atoms with E-state index in [0.717, 1.165) is 11.4 Å². The molecule has 0 fully saturated rings. The SMILES string of the molecule is c1ccc(-c2ccc(N(c3ccc(-c4ccccc4)cc3)c3cccc4c3Sc3cc5ccccc5cc3C43c4ccccc4-c4ccccc43)cc2)cc1. The van der Waals surface area contributed by atoms with Gasteiger partial charge in [0, 0.05) is 21.2 Å². The van der Waals surface area contributed by atoms with Gasteiger partial charge in [-0.15, -0.1) is 0 Å². The molecule has 11 rings (SSSR count). The zero-order valence-electron chi connectivity index (χ0n) is 30.1. The lowest BCUT2D eigenvalue weighted by Crippen LogP contribution is -2.32. The molecule has 1 heterocycles. The van der Waals surface area contributed by atoms with Crippen molar-refractivity contribution in [3.8, 4) is 33.4 Å². The van der Waals surface area contributed by atoms with Gasteiger partial charge >= 0.3 is 0 Å². The van der Waals surface area contributed by atoms with Gasteiger partial charge in [-0.05, 0) is 109 Å². The third-order valence-corrected chi connectivity index (χ3v) is 12.7. The summed E-state index contributed by atoms with van der Waals surface area (Å²) in [6.07, 6.45) is 0. The second-order valence-corrected chi connectivity index (χ2v) is 15.5. The highest BCUT2D eigenvalue weighted by Gasteiger charge is 2.51. The van der Waals surface area contributed by atoms with E-state index in [4.69, 9.17) is 0 Å². The van der Waals surface area contributed by atoms with E-state index >= 15 is 0 Å². The monoisotopic (exact) mass is 717 g/mol. The molecule has 0 saturated heterocycles. The Bertz CT molecular complexity index is 2750. The zero-order valence-corrected chi connectivity index (χ0v) is 30.9. The van der Waals surface area contributed by atoms with E-state index in [2.05, 4.69) is 217 Å². The lowest BCUT2D eigenvalue weighted by atomic mass is 9.67. The van der Waals surface area contributed by atoms with E-state index in [0.29, 0.717) is 0 Å². The molecule has 258 valence electrons. The van der Waals surface area contributed by atoms with Crippen LogP contribution in [0.15, 0.2) is 222 Å². The topological polar surface area (TPSA) is 3.24 Å². The van der Waals surface area contributed by atoms with Crippen molar-refractivity contribution in [3.63, 3.8) is 0 Å². The minimum absolute atomic E-state index is 0.483. The Kier molecular flexibility index (Phi) is 7.40. The summed E-state index contributed by atoms with van der Waals surface area (Å²) in [4.78, 5) is 5.03. The molecular formula is C53H35NS. The molecule has 9 aromatic carbocycles. The molecule has 0 unspecified atom stereocenters. The summed E-state index contributed by atoms with van der Waals surface area (Å²) < 4.78 is 0. The van der Waals surface area contributed by atoms with E-state index in [1.54, 1.807) is 0 Å². The minimum atomic E-state index is -0.483. The number of hydrogen-bond donors (Lipinski definition) is 0. The second-order valence-electron chi connectivity index (χ2n) is 14.5. The van der Waals surface area contributed by atoms with E-state index in [9.17, 15) is 0 Å². The molecule has 0 bridgehead atoms. The second kappa shape index (κ2) is 12.8. The number of benzene rings is 9. The molecule has 0 saturated carbocycles. The van der Waals surface area contributed by atoms with Crippen LogP contribution in [-0.2, 0) is 5.41 Å². The van der Waals surface area contributed by atoms with Crippen LogP contribution in [0.3, 0.4) is 0 Å². The van der Waals surface area contributed by atoms with Gasteiger partial charge in [0.1, 0.15) is 0 Å². The average molecular weight is 718 g/mol. The maximum atomic E-state index is 2.47. The smallest absolute Gasteiger partial charge is 0.0736 e. The number of hydrogen-bond acceptors (Lipinski definition) is 2. The lowest BCUT2D eigenvalue weighted by molar-refractivity contribution is 0.724. The lowest BCUT2D eigenvalue weighted by Gasteiger charge is -2.41. The van der Waals surface area contributed by atoms with Crippen LogP contribution in [0.4, 0.5) is 17.1 Å². The zero-order chi connectivity index (χ0) is 36.3. The van der Waals surface area contributed by atoms with Gasteiger partial charge in [-0.2, -0.15) is 0 Å². The number of fused-ring (bicyclic) bond motifs is 10. The number of rotatable bonds is 5. The van der Waals surface area contributed by atoms with Crippen molar-refractivity contribution in [1.29, 1.82) is 0 Å². The fourth-order valence-corrected chi connectivity index (χ4v) is 10.4. The van der Waals surface area contributed by atoms with Gasteiger partial charge in [-0.3, -0.25) is 0 Å². The Morgan fingerprint density at radius 2 is 0.800 bits per heavy atom. The van der Waals surface area contributed by atoms with Gasteiger partial charge in [-0.25, -0.2) is 0 Å². The van der Waals surface area contributed by atoms with Crippen LogP contribution in [0.5, 0.6) is 0 Å². The standard InChI is InChI=1S/C53H35NS/c1-3-14-36(15-4-1)38-26-30-42(31-27-38)54(43-32-28-39(29-33-43)37-16-5-2-6-17-37)50-25-13-24-48-52(50)55-51-35-41-19-8-7-18-40(41)34-49(51)53(48)46-22-11-9-20-44(46)45-21-10-12-23-47(45)53/h1-35H.